The number of hydrogen-bond acceptors (Lipinski definition) is 2. The Morgan fingerprint density at radius 2 is 2.19 bits per heavy atom. The Kier molecular flexibility index (Phi) is 3.54. The smallest absolute Gasteiger partial charge is 0.516 e. The van der Waals surface area contributed by atoms with Gasteiger partial charge in [-0.3, -0.25) is 0 Å². The van der Waals surface area contributed by atoms with Crippen LogP contribution in [0.15, 0.2) is 15.0 Å². The fraction of sp³-hybridized carbons (Fsp3) is 0.364. The maximum absolute atomic E-state index is 10.7. The van der Waals surface area contributed by atoms with Gasteiger partial charge in [0.2, 0.25) is 0 Å². The predicted molar refractivity (Wildman–Crippen MR) is 68.0 cm³/mol. The lowest BCUT2D eigenvalue weighted by Crippen LogP contribution is -1.99. The van der Waals surface area contributed by atoms with Crippen molar-refractivity contribution in [3.05, 3.63) is 26.1 Å². The molecule has 0 fully saturated rings. The van der Waals surface area contributed by atoms with Crippen LogP contribution in [0, 0.1) is 0 Å². The van der Waals surface area contributed by atoms with Gasteiger partial charge >= 0.3 is 5.97 Å². The Morgan fingerprint density at radius 1 is 1.44 bits per heavy atom. The van der Waals surface area contributed by atoms with E-state index < -0.39 is 5.97 Å². The molecule has 0 spiro atoms. The van der Waals surface area contributed by atoms with Crippen LogP contribution in [0.4, 0.5) is 0 Å². The van der Waals surface area contributed by atoms with Gasteiger partial charge in [-0.25, -0.2) is 0 Å². The van der Waals surface area contributed by atoms with Gasteiger partial charge in [-0.05, 0) is 49.4 Å². The molecule has 0 radical (unpaired) electrons. The predicted octanol–water partition coefficient (Wildman–Crippen LogP) is 2.33. The van der Waals surface area contributed by atoms with Gasteiger partial charge in [0.05, 0.1) is 11.1 Å². The number of rotatable bonds is 3. The highest BCUT2D eigenvalue weighted by molar-refractivity contribution is 9.13. The zero-order valence-corrected chi connectivity index (χ0v) is 11.7. The molecule has 2 rings (SSSR count). The van der Waals surface area contributed by atoms with Crippen molar-refractivity contribution in [2.45, 2.75) is 19.3 Å². The third-order valence-corrected chi connectivity index (χ3v) is 4.75. The van der Waals surface area contributed by atoms with Crippen LogP contribution in [0.3, 0.4) is 0 Å². The van der Waals surface area contributed by atoms with Crippen molar-refractivity contribution < 1.29 is 14.6 Å². The molecule has 1 aromatic rings. The van der Waals surface area contributed by atoms with Crippen molar-refractivity contribution in [1.82, 2.24) is 0 Å². The number of carbonyl (C=O) groups excluding carboxylic acids is 1. The van der Waals surface area contributed by atoms with Crippen molar-refractivity contribution in [1.29, 1.82) is 0 Å². The molecule has 5 heteroatoms. The third kappa shape index (κ3) is 2.25. The second-order valence-corrected chi connectivity index (χ2v) is 5.26. The highest BCUT2D eigenvalue weighted by Gasteiger charge is 2.21. The molecular weight excluding hydrogens is 340 g/mol. The summed E-state index contributed by atoms with van der Waals surface area (Å²) in [5, 5.41) is 6.91. The average molecular weight is 351 g/mol. The van der Waals surface area contributed by atoms with Crippen molar-refractivity contribution in [2.24, 2.45) is 0 Å². The van der Waals surface area contributed by atoms with E-state index in [0.717, 1.165) is 26.7 Å². The molecule has 1 aromatic carbocycles. The summed E-state index contributed by atoms with van der Waals surface area (Å²) < 4.78 is 7.35. The van der Waals surface area contributed by atoms with Crippen LogP contribution in [-0.4, -0.2) is 17.7 Å². The van der Waals surface area contributed by atoms with Gasteiger partial charge in [-0.2, -0.15) is 0 Å². The first kappa shape index (κ1) is 11.9. The standard InChI is InChI=1S/C11H10Br2O3/c12-9-6(1-2-8(14)15)5-7-3-4-16-11(7)10(9)13/h5H,1-4H2,(H,14,15)/p+1. The topological polar surface area (TPSA) is 49.2 Å². The maximum Gasteiger partial charge on any atom is 0.516 e. The normalized spacial score (nSPS) is 13.4. The van der Waals surface area contributed by atoms with Crippen LogP contribution >= 0.6 is 31.9 Å². The number of ether oxygens (including phenoxy) is 1. The summed E-state index contributed by atoms with van der Waals surface area (Å²) in [6.45, 7) is 0.710. The molecule has 0 unspecified atom stereocenters. The molecule has 0 amide bonds. The minimum absolute atomic E-state index is 0.255. The Balaban J connectivity index is 2.32. The largest absolute Gasteiger partial charge is 0.565 e. The van der Waals surface area contributed by atoms with Crippen LogP contribution in [0.1, 0.15) is 17.5 Å². The monoisotopic (exact) mass is 349 g/mol. The molecule has 86 valence electrons. The van der Waals surface area contributed by atoms with E-state index in [1.54, 1.807) is 0 Å². The Morgan fingerprint density at radius 3 is 2.88 bits per heavy atom. The van der Waals surface area contributed by atoms with E-state index in [1.165, 1.54) is 5.56 Å². The number of fused-ring (bicyclic) bond motifs is 1. The number of benzene rings is 1. The lowest BCUT2D eigenvalue weighted by atomic mass is 10.0. The molecule has 1 aliphatic heterocycles. The van der Waals surface area contributed by atoms with Gasteiger partial charge in [-0.1, -0.05) is 6.07 Å². The SMILES string of the molecule is O=C([OH2+])CCc1cc2c(c(Br)c1Br)OCC2. The molecule has 0 atom stereocenters. The van der Waals surface area contributed by atoms with E-state index in [0.29, 0.717) is 13.0 Å². The van der Waals surface area contributed by atoms with E-state index >= 15 is 0 Å². The van der Waals surface area contributed by atoms with Gasteiger partial charge in [0.15, 0.2) is 0 Å². The molecule has 16 heavy (non-hydrogen) atoms. The summed E-state index contributed by atoms with van der Waals surface area (Å²) in [5.74, 6) is 0.368. The molecule has 2 N–H and O–H groups in total. The van der Waals surface area contributed by atoms with Crippen molar-refractivity contribution in [3.8, 4) is 5.75 Å². The zero-order chi connectivity index (χ0) is 11.7. The maximum atomic E-state index is 10.7. The van der Waals surface area contributed by atoms with Crippen LogP contribution in [0.5, 0.6) is 5.75 Å². The zero-order valence-electron chi connectivity index (χ0n) is 8.48. The second kappa shape index (κ2) is 4.75. The van der Waals surface area contributed by atoms with E-state index in [1.807, 2.05) is 0 Å². The van der Waals surface area contributed by atoms with Crippen molar-refractivity contribution >= 4 is 37.8 Å². The molecule has 0 saturated heterocycles. The summed E-state index contributed by atoms with van der Waals surface area (Å²) in [6, 6.07) is 2.06. The van der Waals surface area contributed by atoms with E-state index in [9.17, 15) is 4.79 Å². The lowest BCUT2D eigenvalue weighted by molar-refractivity contribution is -0.136. The van der Waals surface area contributed by atoms with Gasteiger partial charge < -0.3 is 9.84 Å². The highest BCUT2D eigenvalue weighted by Crippen LogP contribution is 2.41. The van der Waals surface area contributed by atoms with E-state index in [-0.39, 0.29) is 6.42 Å². The minimum atomic E-state index is -0.528. The first-order valence-corrected chi connectivity index (χ1v) is 6.55. The molecule has 0 bridgehead atoms. The molecule has 0 aliphatic carbocycles. The molecular formula is C11H11Br2O3+. The fourth-order valence-electron chi connectivity index (χ4n) is 1.76. The first-order valence-electron chi connectivity index (χ1n) is 4.96. The van der Waals surface area contributed by atoms with Crippen LogP contribution in [0.25, 0.3) is 0 Å². The van der Waals surface area contributed by atoms with Crippen LogP contribution in [-0.2, 0) is 17.6 Å². The summed E-state index contributed by atoms with van der Waals surface area (Å²) in [7, 11) is 0. The molecule has 1 aliphatic rings. The van der Waals surface area contributed by atoms with Crippen LogP contribution in [0.2, 0.25) is 0 Å². The van der Waals surface area contributed by atoms with Gasteiger partial charge in [-0.15, -0.1) is 0 Å². The van der Waals surface area contributed by atoms with Crippen molar-refractivity contribution in [3.63, 3.8) is 0 Å². The lowest BCUT2D eigenvalue weighted by Gasteiger charge is -2.09. The fourth-order valence-corrected chi connectivity index (χ4v) is 2.87. The van der Waals surface area contributed by atoms with Gasteiger partial charge in [0.1, 0.15) is 12.2 Å². The molecule has 3 nitrogen and oxygen atoms in total. The van der Waals surface area contributed by atoms with Crippen molar-refractivity contribution in [2.75, 3.05) is 6.61 Å². The third-order valence-electron chi connectivity index (χ3n) is 2.55. The minimum Gasteiger partial charge on any atom is -0.565 e. The van der Waals surface area contributed by atoms with Gasteiger partial charge in [0.25, 0.3) is 0 Å². The summed E-state index contributed by atoms with van der Waals surface area (Å²) in [6.07, 6.45) is 1.75. The Labute approximate surface area is 110 Å². The molecule has 1 heterocycles. The summed E-state index contributed by atoms with van der Waals surface area (Å²) >= 11 is 6.97. The number of hydrogen-bond donors (Lipinski definition) is 0. The van der Waals surface area contributed by atoms with Crippen LogP contribution < -0.4 is 4.74 Å². The molecule has 0 saturated carbocycles. The Hall–Kier alpha value is -0.550. The summed E-state index contributed by atoms with van der Waals surface area (Å²) in [5.41, 5.74) is 2.22. The number of aryl methyl sites for hydroxylation is 1. The van der Waals surface area contributed by atoms with E-state index in [4.69, 9.17) is 9.84 Å². The Bertz CT molecular complexity index is 443. The first-order chi connectivity index (χ1) is 7.59. The molecule has 0 aromatic heterocycles. The highest BCUT2D eigenvalue weighted by atomic mass is 79.9. The quantitative estimate of drug-likeness (QED) is 0.785. The number of halogens is 2. The van der Waals surface area contributed by atoms with Gasteiger partial charge in [0, 0.05) is 15.7 Å². The average Bonchev–Trinajstić information content (AvgIpc) is 2.69. The number of carbonyl (C=O) groups is 1. The second-order valence-electron chi connectivity index (χ2n) is 3.67. The van der Waals surface area contributed by atoms with E-state index in [2.05, 4.69) is 37.9 Å². The summed E-state index contributed by atoms with van der Waals surface area (Å²) in [4.78, 5) is 10.7.